The Morgan fingerprint density at radius 3 is 2.27 bits per heavy atom. The molecule has 116 valence electrons. The van der Waals surface area contributed by atoms with Gasteiger partial charge in [-0.05, 0) is 48.7 Å². The molecule has 1 aliphatic rings. The van der Waals surface area contributed by atoms with Gasteiger partial charge in [-0.2, -0.15) is 0 Å². The monoisotopic (exact) mass is 358 g/mol. The Hall–Kier alpha value is -1.32. The second kappa shape index (κ2) is 6.84. The minimum atomic E-state index is 1.05. The minimum Gasteiger partial charge on any atom is -0.369 e. The van der Waals surface area contributed by atoms with E-state index in [1.54, 1.807) is 0 Å². The van der Waals surface area contributed by atoms with Crippen molar-refractivity contribution < 1.29 is 0 Å². The van der Waals surface area contributed by atoms with Gasteiger partial charge < -0.3 is 4.90 Å². The summed E-state index contributed by atoms with van der Waals surface area (Å²) in [5.74, 6) is 0. The van der Waals surface area contributed by atoms with Gasteiger partial charge >= 0.3 is 0 Å². The Kier molecular flexibility index (Phi) is 4.84. The number of halogens is 1. The van der Waals surface area contributed by atoms with Gasteiger partial charge in [-0.15, -0.1) is 0 Å². The van der Waals surface area contributed by atoms with E-state index in [4.69, 9.17) is 0 Å². The highest BCUT2D eigenvalue weighted by atomic mass is 79.9. The van der Waals surface area contributed by atoms with Gasteiger partial charge in [0.05, 0.1) is 0 Å². The van der Waals surface area contributed by atoms with Crippen LogP contribution in [0, 0.1) is 13.8 Å². The minimum absolute atomic E-state index is 1.05. The van der Waals surface area contributed by atoms with Gasteiger partial charge in [-0.1, -0.05) is 40.2 Å². The molecule has 22 heavy (non-hydrogen) atoms. The fourth-order valence-electron chi connectivity index (χ4n) is 3.07. The van der Waals surface area contributed by atoms with Crippen LogP contribution in [0.2, 0.25) is 0 Å². The largest absolute Gasteiger partial charge is 0.369 e. The Labute approximate surface area is 141 Å². The van der Waals surface area contributed by atoms with Crippen molar-refractivity contribution in [3.8, 4) is 0 Å². The van der Waals surface area contributed by atoms with E-state index in [0.29, 0.717) is 0 Å². The average molecular weight is 359 g/mol. The molecule has 0 bridgehead atoms. The van der Waals surface area contributed by atoms with Crippen molar-refractivity contribution in [1.29, 1.82) is 0 Å². The molecule has 0 atom stereocenters. The first-order valence-electron chi connectivity index (χ1n) is 7.91. The molecule has 1 fully saturated rings. The van der Waals surface area contributed by atoms with Crippen LogP contribution in [0.1, 0.15) is 16.7 Å². The van der Waals surface area contributed by atoms with E-state index < -0.39 is 0 Å². The van der Waals surface area contributed by atoms with Crippen molar-refractivity contribution in [1.82, 2.24) is 4.90 Å². The number of hydrogen-bond donors (Lipinski definition) is 0. The van der Waals surface area contributed by atoms with Gasteiger partial charge in [0.1, 0.15) is 0 Å². The van der Waals surface area contributed by atoms with E-state index in [-0.39, 0.29) is 0 Å². The van der Waals surface area contributed by atoms with E-state index >= 15 is 0 Å². The van der Waals surface area contributed by atoms with Crippen molar-refractivity contribution in [2.24, 2.45) is 0 Å². The van der Waals surface area contributed by atoms with Crippen molar-refractivity contribution in [3.63, 3.8) is 0 Å². The zero-order chi connectivity index (χ0) is 15.5. The lowest BCUT2D eigenvalue weighted by Gasteiger charge is -2.37. The van der Waals surface area contributed by atoms with Gasteiger partial charge in [0.2, 0.25) is 0 Å². The Morgan fingerprint density at radius 2 is 1.59 bits per heavy atom. The second-order valence-corrected chi connectivity index (χ2v) is 7.02. The summed E-state index contributed by atoms with van der Waals surface area (Å²) in [5.41, 5.74) is 5.60. The first kappa shape index (κ1) is 15.6. The summed E-state index contributed by atoms with van der Waals surface area (Å²) in [5, 5.41) is 0. The van der Waals surface area contributed by atoms with Crippen LogP contribution in [0.4, 0.5) is 5.69 Å². The van der Waals surface area contributed by atoms with Crippen LogP contribution in [0.3, 0.4) is 0 Å². The fourth-order valence-corrected chi connectivity index (χ4v) is 3.34. The van der Waals surface area contributed by atoms with E-state index in [2.05, 4.69) is 82.0 Å². The van der Waals surface area contributed by atoms with Gasteiger partial charge in [-0.25, -0.2) is 0 Å². The van der Waals surface area contributed by atoms with E-state index in [9.17, 15) is 0 Å². The third-order valence-electron chi connectivity index (χ3n) is 4.61. The molecule has 3 rings (SSSR count). The molecule has 0 radical (unpaired) electrons. The lowest BCUT2D eigenvalue weighted by Crippen LogP contribution is -2.46. The number of rotatable bonds is 3. The number of piperazine rings is 1. The highest BCUT2D eigenvalue weighted by molar-refractivity contribution is 9.10. The molecule has 0 aromatic heterocycles. The normalized spacial score (nSPS) is 16.0. The summed E-state index contributed by atoms with van der Waals surface area (Å²) in [6.45, 7) is 9.96. The molecular formula is C19H23BrN2. The van der Waals surface area contributed by atoms with Crippen LogP contribution in [-0.4, -0.2) is 31.1 Å². The van der Waals surface area contributed by atoms with Crippen LogP contribution in [-0.2, 0) is 6.54 Å². The molecule has 2 nitrogen and oxygen atoms in total. The average Bonchev–Trinajstić information content (AvgIpc) is 2.53. The second-order valence-electron chi connectivity index (χ2n) is 6.11. The summed E-state index contributed by atoms with van der Waals surface area (Å²) in [6.07, 6.45) is 0. The molecule has 2 aromatic rings. The molecule has 3 heteroatoms. The number of nitrogens with zero attached hydrogens (tertiary/aromatic N) is 2. The van der Waals surface area contributed by atoms with Gasteiger partial charge in [0.25, 0.3) is 0 Å². The number of hydrogen-bond acceptors (Lipinski definition) is 2. The lowest BCUT2D eigenvalue weighted by atomic mass is 10.1. The summed E-state index contributed by atoms with van der Waals surface area (Å²) in [6, 6.07) is 15.3. The predicted octanol–water partition coefficient (Wildman–Crippen LogP) is 4.39. The summed E-state index contributed by atoms with van der Waals surface area (Å²) in [7, 11) is 0. The molecule has 0 spiro atoms. The Balaban J connectivity index is 1.60. The summed E-state index contributed by atoms with van der Waals surface area (Å²) >= 11 is 3.50. The van der Waals surface area contributed by atoms with Crippen molar-refractivity contribution in [3.05, 3.63) is 63.6 Å². The molecule has 2 aromatic carbocycles. The zero-order valence-electron chi connectivity index (χ0n) is 13.3. The molecule has 1 aliphatic heterocycles. The topological polar surface area (TPSA) is 6.48 Å². The first-order chi connectivity index (χ1) is 10.6. The van der Waals surface area contributed by atoms with Crippen LogP contribution >= 0.6 is 15.9 Å². The highest BCUT2D eigenvalue weighted by Gasteiger charge is 2.18. The maximum atomic E-state index is 3.50. The van der Waals surface area contributed by atoms with Gasteiger partial charge in [0.15, 0.2) is 0 Å². The highest BCUT2D eigenvalue weighted by Crippen LogP contribution is 2.24. The Morgan fingerprint density at radius 1 is 0.909 bits per heavy atom. The smallest absolute Gasteiger partial charge is 0.0399 e. The molecule has 0 amide bonds. The van der Waals surface area contributed by atoms with Gasteiger partial charge in [-0.3, -0.25) is 4.90 Å². The maximum Gasteiger partial charge on any atom is 0.0399 e. The molecule has 0 N–H and O–H groups in total. The number of aryl methyl sites for hydroxylation is 1. The van der Waals surface area contributed by atoms with E-state index in [1.165, 1.54) is 22.4 Å². The summed E-state index contributed by atoms with van der Waals surface area (Å²) in [4.78, 5) is 5.07. The van der Waals surface area contributed by atoms with Crippen molar-refractivity contribution in [2.75, 3.05) is 31.1 Å². The first-order valence-corrected chi connectivity index (χ1v) is 8.71. The van der Waals surface area contributed by atoms with E-state index in [0.717, 1.165) is 37.2 Å². The molecule has 1 saturated heterocycles. The van der Waals surface area contributed by atoms with Crippen LogP contribution in [0.5, 0.6) is 0 Å². The van der Waals surface area contributed by atoms with Gasteiger partial charge in [0, 0.05) is 42.9 Å². The SMILES string of the molecule is Cc1cccc(N2CCN(Cc3ccc(Br)cc3)CC2)c1C. The molecule has 1 heterocycles. The third kappa shape index (κ3) is 3.53. The van der Waals surface area contributed by atoms with Crippen molar-refractivity contribution >= 4 is 21.6 Å². The third-order valence-corrected chi connectivity index (χ3v) is 5.14. The molecule has 0 aliphatic carbocycles. The maximum absolute atomic E-state index is 3.50. The lowest BCUT2D eigenvalue weighted by molar-refractivity contribution is 0.250. The Bertz CT molecular complexity index is 628. The number of benzene rings is 2. The number of anilines is 1. The zero-order valence-corrected chi connectivity index (χ0v) is 14.9. The van der Waals surface area contributed by atoms with Crippen LogP contribution in [0.25, 0.3) is 0 Å². The predicted molar refractivity (Wildman–Crippen MR) is 97.5 cm³/mol. The van der Waals surface area contributed by atoms with Crippen LogP contribution < -0.4 is 4.90 Å². The van der Waals surface area contributed by atoms with Crippen LogP contribution in [0.15, 0.2) is 46.9 Å². The van der Waals surface area contributed by atoms with E-state index in [1.807, 2.05) is 0 Å². The molecule has 0 unspecified atom stereocenters. The standard InChI is InChI=1S/C19H23BrN2/c1-15-4-3-5-19(16(15)2)22-12-10-21(11-13-22)14-17-6-8-18(20)9-7-17/h3-9H,10-14H2,1-2H3. The fraction of sp³-hybridized carbons (Fsp3) is 0.368. The molecular weight excluding hydrogens is 336 g/mol. The quantitative estimate of drug-likeness (QED) is 0.802. The summed E-state index contributed by atoms with van der Waals surface area (Å²) < 4.78 is 1.15. The molecule has 0 saturated carbocycles. The van der Waals surface area contributed by atoms with Crippen molar-refractivity contribution in [2.45, 2.75) is 20.4 Å².